The van der Waals surface area contributed by atoms with Gasteiger partial charge in [0.15, 0.2) is 0 Å². The van der Waals surface area contributed by atoms with Crippen molar-refractivity contribution in [2.75, 3.05) is 0 Å². The molecule has 0 amide bonds. The molecule has 0 aliphatic carbocycles. The summed E-state index contributed by atoms with van der Waals surface area (Å²) in [4.78, 5) is 0. The average molecular weight is 243 g/mol. The minimum atomic E-state index is -0.554. The van der Waals surface area contributed by atoms with E-state index in [9.17, 15) is 5.11 Å². The Hall–Kier alpha value is -0.680. The predicted octanol–water partition coefficient (Wildman–Crippen LogP) is 3.83. The molecule has 0 aromatic heterocycles. The summed E-state index contributed by atoms with van der Waals surface area (Å²) in [6, 6.07) is 5.08. The van der Waals surface area contributed by atoms with Gasteiger partial charge in [0, 0.05) is 16.5 Å². The van der Waals surface area contributed by atoms with Gasteiger partial charge in [-0.1, -0.05) is 23.2 Å². The molecule has 80 valence electrons. The third-order valence-corrected chi connectivity index (χ3v) is 2.43. The third-order valence-electron chi connectivity index (χ3n) is 1.99. The fourth-order valence-corrected chi connectivity index (χ4v) is 1.81. The summed E-state index contributed by atoms with van der Waals surface area (Å²) < 4.78 is 0. The molecule has 0 saturated heterocycles. The van der Waals surface area contributed by atoms with Crippen molar-refractivity contribution in [1.82, 2.24) is 0 Å². The van der Waals surface area contributed by atoms with E-state index < -0.39 is 6.10 Å². The summed E-state index contributed by atoms with van der Waals surface area (Å²) >= 11 is 11.7. The van der Waals surface area contributed by atoms with Crippen LogP contribution in [-0.2, 0) is 0 Å². The van der Waals surface area contributed by atoms with Gasteiger partial charge in [0.25, 0.3) is 0 Å². The molecule has 15 heavy (non-hydrogen) atoms. The first-order valence-electron chi connectivity index (χ1n) is 4.67. The van der Waals surface area contributed by atoms with Gasteiger partial charge in [-0.05, 0) is 37.1 Å². The van der Waals surface area contributed by atoms with E-state index in [0.717, 1.165) is 5.56 Å². The van der Waals surface area contributed by atoms with Crippen LogP contribution in [0.15, 0.2) is 18.2 Å². The molecule has 0 aliphatic rings. The molecule has 1 aromatic rings. The van der Waals surface area contributed by atoms with Crippen molar-refractivity contribution in [3.05, 3.63) is 33.8 Å². The van der Waals surface area contributed by atoms with E-state index in [-0.39, 0.29) is 0 Å². The molecule has 1 N–H and O–H groups in total. The summed E-state index contributed by atoms with van der Waals surface area (Å²) in [5.41, 5.74) is 0.741. The van der Waals surface area contributed by atoms with Gasteiger partial charge in [-0.3, -0.25) is 0 Å². The van der Waals surface area contributed by atoms with Crippen LogP contribution in [0.25, 0.3) is 0 Å². The molecule has 0 spiro atoms. The number of aliphatic hydroxyl groups is 1. The molecule has 1 aromatic carbocycles. The van der Waals surface area contributed by atoms with Gasteiger partial charge in [0.05, 0.1) is 6.10 Å². The molecule has 1 rings (SSSR count). The Morgan fingerprint density at radius 1 is 1.27 bits per heavy atom. The van der Waals surface area contributed by atoms with E-state index in [1.54, 1.807) is 25.1 Å². The first-order valence-corrected chi connectivity index (χ1v) is 5.42. The smallest absolute Gasteiger partial charge is 0.0800 e. The lowest BCUT2D eigenvalue weighted by atomic mass is 10.1. The van der Waals surface area contributed by atoms with Gasteiger partial charge in [-0.2, -0.15) is 0 Å². The standard InChI is InChI=1S/C12H12Cl2O/c1-2-3-4-5-12(15)9-6-10(13)8-11(14)7-9/h6-8,12,15H,4-5H2,1H3. The highest BCUT2D eigenvalue weighted by Gasteiger charge is 2.08. The van der Waals surface area contributed by atoms with Crippen LogP contribution in [0, 0.1) is 11.8 Å². The molecule has 0 fully saturated rings. The van der Waals surface area contributed by atoms with E-state index in [0.29, 0.717) is 22.9 Å². The number of halogens is 2. The average Bonchev–Trinajstić information content (AvgIpc) is 2.16. The normalized spacial score (nSPS) is 11.7. The van der Waals surface area contributed by atoms with Crippen molar-refractivity contribution in [3.8, 4) is 11.8 Å². The number of aliphatic hydroxyl groups excluding tert-OH is 1. The second-order valence-electron chi connectivity index (χ2n) is 3.18. The summed E-state index contributed by atoms with van der Waals surface area (Å²) in [6.07, 6.45) is 0.710. The third kappa shape index (κ3) is 4.13. The largest absolute Gasteiger partial charge is 0.388 e. The van der Waals surface area contributed by atoms with Crippen molar-refractivity contribution in [1.29, 1.82) is 0 Å². The second-order valence-corrected chi connectivity index (χ2v) is 4.06. The molecule has 0 saturated carbocycles. The molecule has 1 atom stereocenters. The van der Waals surface area contributed by atoms with Gasteiger partial charge in [-0.25, -0.2) is 0 Å². The molecule has 0 radical (unpaired) electrons. The van der Waals surface area contributed by atoms with E-state index in [1.165, 1.54) is 0 Å². The Labute approximate surface area is 100 Å². The number of hydrogen-bond donors (Lipinski definition) is 1. The van der Waals surface area contributed by atoms with Gasteiger partial charge in [0.2, 0.25) is 0 Å². The van der Waals surface area contributed by atoms with Crippen molar-refractivity contribution in [3.63, 3.8) is 0 Å². The Kier molecular flexibility index (Phi) is 4.98. The maximum absolute atomic E-state index is 9.81. The van der Waals surface area contributed by atoms with Crippen LogP contribution in [0.2, 0.25) is 10.0 Å². The van der Waals surface area contributed by atoms with Crippen molar-refractivity contribution in [2.24, 2.45) is 0 Å². The number of rotatable bonds is 3. The molecular formula is C12H12Cl2O. The van der Waals surface area contributed by atoms with Crippen LogP contribution < -0.4 is 0 Å². The molecule has 0 bridgehead atoms. The van der Waals surface area contributed by atoms with Crippen LogP contribution in [0.1, 0.15) is 31.4 Å². The summed E-state index contributed by atoms with van der Waals surface area (Å²) in [5, 5.41) is 10.9. The summed E-state index contributed by atoms with van der Waals surface area (Å²) in [6.45, 7) is 1.78. The van der Waals surface area contributed by atoms with Crippen LogP contribution in [0.4, 0.5) is 0 Å². The van der Waals surface area contributed by atoms with Gasteiger partial charge in [0.1, 0.15) is 0 Å². The molecular weight excluding hydrogens is 231 g/mol. The van der Waals surface area contributed by atoms with E-state index in [2.05, 4.69) is 11.8 Å². The highest BCUT2D eigenvalue weighted by molar-refractivity contribution is 6.34. The van der Waals surface area contributed by atoms with Crippen LogP contribution in [0.5, 0.6) is 0 Å². The second kappa shape index (κ2) is 6.02. The van der Waals surface area contributed by atoms with Crippen LogP contribution in [0.3, 0.4) is 0 Å². The Bertz CT molecular complexity index is 370. The van der Waals surface area contributed by atoms with Gasteiger partial charge >= 0.3 is 0 Å². The Morgan fingerprint density at radius 2 is 1.87 bits per heavy atom. The van der Waals surface area contributed by atoms with Crippen molar-refractivity contribution in [2.45, 2.75) is 25.9 Å². The first-order chi connectivity index (χ1) is 7.13. The van der Waals surface area contributed by atoms with Crippen LogP contribution >= 0.6 is 23.2 Å². The highest BCUT2D eigenvalue weighted by atomic mass is 35.5. The van der Waals surface area contributed by atoms with Gasteiger partial charge in [-0.15, -0.1) is 11.8 Å². The zero-order valence-electron chi connectivity index (χ0n) is 8.43. The Morgan fingerprint density at radius 3 is 2.40 bits per heavy atom. The molecule has 1 nitrogen and oxygen atoms in total. The molecule has 1 unspecified atom stereocenters. The molecule has 3 heteroatoms. The maximum atomic E-state index is 9.81. The predicted molar refractivity (Wildman–Crippen MR) is 64.1 cm³/mol. The Balaban J connectivity index is 2.71. The highest BCUT2D eigenvalue weighted by Crippen LogP contribution is 2.25. The minimum Gasteiger partial charge on any atom is -0.388 e. The monoisotopic (exact) mass is 242 g/mol. The fourth-order valence-electron chi connectivity index (χ4n) is 1.27. The topological polar surface area (TPSA) is 20.2 Å². The van der Waals surface area contributed by atoms with Crippen LogP contribution in [-0.4, -0.2) is 5.11 Å². The fraction of sp³-hybridized carbons (Fsp3) is 0.333. The lowest BCUT2D eigenvalue weighted by Crippen LogP contribution is -1.96. The first kappa shape index (κ1) is 12.4. The molecule has 0 aliphatic heterocycles. The van der Waals surface area contributed by atoms with Crippen molar-refractivity contribution >= 4 is 23.2 Å². The van der Waals surface area contributed by atoms with E-state index in [4.69, 9.17) is 23.2 Å². The minimum absolute atomic E-state index is 0.540. The summed E-state index contributed by atoms with van der Waals surface area (Å²) in [7, 11) is 0. The molecule has 0 heterocycles. The van der Waals surface area contributed by atoms with E-state index >= 15 is 0 Å². The van der Waals surface area contributed by atoms with Gasteiger partial charge < -0.3 is 5.11 Å². The zero-order valence-corrected chi connectivity index (χ0v) is 9.94. The van der Waals surface area contributed by atoms with E-state index in [1.807, 2.05) is 0 Å². The maximum Gasteiger partial charge on any atom is 0.0800 e. The zero-order chi connectivity index (χ0) is 11.3. The lowest BCUT2D eigenvalue weighted by Gasteiger charge is -2.09. The summed E-state index contributed by atoms with van der Waals surface area (Å²) in [5.74, 6) is 5.69. The lowest BCUT2D eigenvalue weighted by molar-refractivity contribution is 0.169. The quantitative estimate of drug-likeness (QED) is 0.800. The van der Waals surface area contributed by atoms with Crippen molar-refractivity contribution < 1.29 is 5.11 Å². The number of benzene rings is 1. The number of hydrogen-bond acceptors (Lipinski definition) is 1. The SMILES string of the molecule is CC#CCCC(O)c1cc(Cl)cc(Cl)c1.